The first-order valence-corrected chi connectivity index (χ1v) is 4.73. The van der Waals surface area contributed by atoms with Crippen molar-refractivity contribution in [1.29, 1.82) is 0 Å². The molecule has 0 fully saturated rings. The monoisotopic (exact) mass is 221 g/mol. The number of nitro groups is 1. The summed E-state index contributed by atoms with van der Waals surface area (Å²) in [7, 11) is 0. The van der Waals surface area contributed by atoms with E-state index in [1.54, 1.807) is 13.0 Å². The minimum Gasteiger partial charge on any atom is -0.478 e. The van der Waals surface area contributed by atoms with Crippen molar-refractivity contribution in [1.82, 2.24) is 0 Å². The highest BCUT2D eigenvalue weighted by Crippen LogP contribution is 2.16. The van der Waals surface area contributed by atoms with Crippen molar-refractivity contribution >= 4 is 17.7 Å². The van der Waals surface area contributed by atoms with Gasteiger partial charge in [-0.05, 0) is 18.1 Å². The van der Waals surface area contributed by atoms with E-state index in [1.807, 2.05) is 0 Å². The number of carbonyl (C=O) groups is 1. The lowest BCUT2D eigenvalue weighted by Crippen LogP contribution is -1.98. The third-order valence-corrected chi connectivity index (χ3v) is 2.08. The molecule has 0 radical (unpaired) electrons. The molecule has 0 bridgehead atoms. The number of non-ortho nitro benzene ring substituents is 1. The molecule has 16 heavy (non-hydrogen) atoms. The van der Waals surface area contributed by atoms with E-state index in [-0.39, 0.29) is 11.3 Å². The molecular formula is C11H11NO4. The Morgan fingerprint density at radius 1 is 1.56 bits per heavy atom. The standard InChI is InChI=1S/C11H11NO4/c1-2-9(11(13)14)6-8-4-3-5-10(7-8)12(15)16/h3-7H,2H2,1H3,(H,13,14). The Morgan fingerprint density at radius 3 is 2.75 bits per heavy atom. The lowest BCUT2D eigenvalue weighted by atomic mass is 10.1. The van der Waals surface area contributed by atoms with Crippen molar-refractivity contribution in [3.05, 3.63) is 45.5 Å². The van der Waals surface area contributed by atoms with E-state index in [0.717, 1.165) is 0 Å². The van der Waals surface area contributed by atoms with E-state index in [0.29, 0.717) is 12.0 Å². The maximum absolute atomic E-state index is 10.8. The molecule has 5 nitrogen and oxygen atoms in total. The topological polar surface area (TPSA) is 80.4 Å². The fourth-order valence-corrected chi connectivity index (χ4v) is 1.24. The lowest BCUT2D eigenvalue weighted by molar-refractivity contribution is -0.384. The summed E-state index contributed by atoms with van der Waals surface area (Å²) < 4.78 is 0. The van der Waals surface area contributed by atoms with E-state index < -0.39 is 10.9 Å². The zero-order chi connectivity index (χ0) is 12.1. The molecule has 0 aliphatic rings. The zero-order valence-corrected chi connectivity index (χ0v) is 8.71. The van der Waals surface area contributed by atoms with Crippen LogP contribution in [-0.4, -0.2) is 16.0 Å². The minimum absolute atomic E-state index is 0.0467. The molecule has 0 saturated heterocycles. The molecule has 0 spiro atoms. The van der Waals surface area contributed by atoms with Gasteiger partial charge in [-0.3, -0.25) is 10.1 Å². The van der Waals surface area contributed by atoms with Gasteiger partial charge in [-0.2, -0.15) is 0 Å². The SMILES string of the molecule is CCC(=Cc1cccc([N+](=O)[O-])c1)C(=O)O. The molecule has 5 heteroatoms. The van der Waals surface area contributed by atoms with Crippen LogP contribution in [0, 0.1) is 10.1 Å². The average Bonchev–Trinajstić information content (AvgIpc) is 2.25. The van der Waals surface area contributed by atoms with Gasteiger partial charge in [0.05, 0.1) is 4.92 Å². The molecule has 1 aromatic carbocycles. The molecule has 0 unspecified atom stereocenters. The highest BCUT2D eigenvalue weighted by molar-refractivity contribution is 5.92. The number of hydrogen-bond donors (Lipinski definition) is 1. The molecule has 1 N–H and O–H groups in total. The van der Waals surface area contributed by atoms with E-state index in [9.17, 15) is 14.9 Å². The quantitative estimate of drug-likeness (QED) is 0.481. The fraction of sp³-hybridized carbons (Fsp3) is 0.182. The molecule has 0 aromatic heterocycles. The summed E-state index contributed by atoms with van der Waals surface area (Å²) in [5.41, 5.74) is 0.698. The van der Waals surface area contributed by atoms with E-state index in [2.05, 4.69) is 0 Å². The zero-order valence-electron chi connectivity index (χ0n) is 8.71. The predicted molar refractivity (Wildman–Crippen MR) is 59.0 cm³/mol. The number of carboxylic acid groups (broad SMARTS) is 1. The molecule has 0 amide bonds. The lowest BCUT2D eigenvalue weighted by Gasteiger charge is -1.98. The predicted octanol–water partition coefficient (Wildman–Crippen LogP) is 2.47. The fourth-order valence-electron chi connectivity index (χ4n) is 1.24. The third kappa shape index (κ3) is 2.91. The van der Waals surface area contributed by atoms with Gasteiger partial charge in [-0.25, -0.2) is 4.79 Å². The van der Waals surface area contributed by atoms with Gasteiger partial charge >= 0.3 is 5.97 Å². The number of nitrogens with zero attached hydrogens (tertiary/aromatic N) is 1. The van der Waals surface area contributed by atoms with Gasteiger partial charge in [0.1, 0.15) is 0 Å². The van der Waals surface area contributed by atoms with Gasteiger partial charge in [0.2, 0.25) is 0 Å². The Labute approximate surface area is 92.2 Å². The maximum atomic E-state index is 10.8. The van der Waals surface area contributed by atoms with Crippen molar-refractivity contribution < 1.29 is 14.8 Å². The normalized spacial score (nSPS) is 11.2. The summed E-state index contributed by atoms with van der Waals surface area (Å²) in [4.78, 5) is 20.8. The second kappa shape index (κ2) is 5.06. The number of hydrogen-bond acceptors (Lipinski definition) is 3. The van der Waals surface area contributed by atoms with Gasteiger partial charge in [0.15, 0.2) is 0 Å². The van der Waals surface area contributed by atoms with Crippen LogP contribution in [0.3, 0.4) is 0 Å². The van der Waals surface area contributed by atoms with Gasteiger partial charge in [-0.1, -0.05) is 19.1 Å². The van der Waals surface area contributed by atoms with Crippen LogP contribution in [0.15, 0.2) is 29.8 Å². The van der Waals surface area contributed by atoms with Gasteiger partial charge in [0, 0.05) is 17.7 Å². The van der Waals surface area contributed by atoms with E-state index in [1.165, 1.54) is 24.3 Å². The Bertz CT molecular complexity index is 451. The number of aliphatic carboxylic acids is 1. The number of carboxylic acids is 1. The summed E-state index contributed by atoms with van der Waals surface area (Å²) >= 11 is 0. The van der Waals surface area contributed by atoms with Gasteiger partial charge in [0.25, 0.3) is 5.69 Å². The van der Waals surface area contributed by atoms with Crippen LogP contribution >= 0.6 is 0 Å². The first-order valence-electron chi connectivity index (χ1n) is 4.73. The second-order valence-electron chi connectivity index (χ2n) is 3.18. The molecule has 0 atom stereocenters. The van der Waals surface area contributed by atoms with Gasteiger partial charge in [-0.15, -0.1) is 0 Å². The van der Waals surface area contributed by atoms with Crippen LogP contribution in [0.5, 0.6) is 0 Å². The first kappa shape index (κ1) is 11.9. The van der Waals surface area contributed by atoms with Crippen LogP contribution in [0.25, 0.3) is 6.08 Å². The molecule has 84 valence electrons. The van der Waals surface area contributed by atoms with E-state index >= 15 is 0 Å². The molecule has 0 aliphatic carbocycles. The molecule has 1 rings (SSSR count). The summed E-state index contributed by atoms with van der Waals surface area (Å²) in [6.07, 6.45) is 1.81. The van der Waals surface area contributed by atoms with Crippen LogP contribution in [0.1, 0.15) is 18.9 Å². The van der Waals surface area contributed by atoms with Crippen molar-refractivity contribution in [2.45, 2.75) is 13.3 Å². The summed E-state index contributed by atoms with van der Waals surface area (Å²) in [5.74, 6) is -1.01. The summed E-state index contributed by atoms with van der Waals surface area (Å²) in [5, 5.41) is 19.3. The van der Waals surface area contributed by atoms with Crippen molar-refractivity contribution in [2.75, 3.05) is 0 Å². The minimum atomic E-state index is -1.01. The van der Waals surface area contributed by atoms with Crippen LogP contribution in [-0.2, 0) is 4.79 Å². The number of nitro benzene ring substituents is 1. The number of rotatable bonds is 4. The molecule has 0 aliphatic heterocycles. The van der Waals surface area contributed by atoms with E-state index in [4.69, 9.17) is 5.11 Å². The van der Waals surface area contributed by atoms with Crippen LogP contribution < -0.4 is 0 Å². The maximum Gasteiger partial charge on any atom is 0.331 e. The highest BCUT2D eigenvalue weighted by Gasteiger charge is 2.07. The highest BCUT2D eigenvalue weighted by atomic mass is 16.6. The number of benzene rings is 1. The van der Waals surface area contributed by atoms with Crippen LogP contribution in [0.2, 0.25) is 0 Å². The average molecular weight is 221 g/mol. The Balaban J connectivity index is 3.09. The largest absolute Gasteiger partial charge is 0.478 e. The van der Waals surface area contributed by atoms with Crippen molar-refractivity contribution in [3.63, 3.8) is 0 Å². The van der Waals surface area contributed by atoms with Crippen LogP contribution in [0.4, 0.5) is 5.69 Å². The van der Waals surface area contributed by atoms with Crippen molar-refractivity contribution in [2.24, 2.45) is 0 Å². The molecule has 0 heterocycles. The summed E-state index contributed by atoms with van der Waals surface area (Å²) in [6, 6.07) is 5.87. The summed E-state index contributed by atoms with van der Waals surface area (Å²) in [6.45, 7) is 1.72. The first-order chi connectivity index (χ1) is 7.54. The Kier molecular flexibility index (Phi) is 3.77. The molecular weight excluding hydrogens is 210 g/mol. The molecule has 1 aromatic rings. The van der Waals surface area contributed by atoms with Gasteiger partial charge < -0.3 is 5.11 Å². The Hall–Kier alpha value is -2.17. The third-order valence-electron chi connectivity index (χ3n) is 2.08. The van der Waals surface area contributed by atoms with Crippen molar-refractivity contribution in [3.8, 4) is 0 Å². The second-order valence-corrected chi connectivity index (χ2v) is 3.18. The smallest absolute Gasteiger partial charge is 0.331 e. The Morgan fingerprint density at radius 2 is 2.25 bits per heavy atom. The molecule has 0 saturated carbocycles.